The van der Waals surface area contributed by atoms with Gasteiger partial charge in [-0.3, -0.25) is 0 Å². The first-order valence-corrected chi connectivity index (χ1v) is 6.31. The van der Waals surface area contributed by atoms with Crippen LogP contribution in [-0.4, -0.2) is 7.11 Å². The van der Waals surface area contributed by atoms with Gasteiger partial charge in [0.2, 0.25) is 0 Å². The van der Waals surface area contributed by atoms with Gasteiger partial charge in [-0.25, -0.2) is 4.39 Å². The molecule has 0 fully saturated rings. The molecule has 2 aromatic rings. The number of anilines is 1. The number of benzene rings is 2. The second-order valence-corrected chi connectivity index (χ2v) is 4.64. The summed E-state index contributed by atoms with van der Waals surface area (Å²) in [6.07, 6.45) is 0. The largest absolute Gasteiger partial charge is 0.495 e. The van der Waals surface area contributed by atoms with Crippen LogP contribution in [0.25, 0.3) is 0 Å². The maximum absolute atomic E-state index is 13.4. The number of halogens is 2. The van der Waals surface area contributed by atoms with Crippen LogP contribution in [0.3, 0.4) is 0 Å². The van der Waals surface area contributed by atoms with Gasteiger partial charge in [0.1, 0.15) is 11.6 Å². The molecule has 0 bridgehead atoms. The molecule has 2 rings (SSSR count). The van der Waals surface area contributed by atoms with E-state index in [9.17, 15) is 4.39 Å². The molecule has 0 atom stereocenters. The van der Waals surface area contributed by atoms with E-state index in [2.05, 4.69) is 5.32 Å². The molecule has 0 aliphatic heterocycles. The Hall–Kier alpha value is -1.74. The van der Waals surface area contributed by atoms with Crippen LogP contribution >= 0.6 is 11.6 Å². The Morgan fingerprint density at radius 3 is 2.74 bits per heavy atom. The van der Waals surface area contributed by atoms with Crippen molar-refractivity contribution in [2.24, 2.45) is 0 Å². The molecule has 0 heterocycles. The Labute approximate surface area is 117 Å². The highest BCUT2D eigenvalue weighted by Gasteiger charge is 2.04. The molecule has 2 aromatic carbocycles. The molecule has 2 nitrogen and oxygen atoms in total. The Morgan fingerprint density at radius 2 is 2.05 bits per heavy atom. The van der Waals surface area contributed by atoms with Gasteiger partial charge in [-0.2, -0.15) is 0 Å². The molecule has 100 valence electrons. The van der Waals surface area contributed by atoms with Gasteiger partial charge >= 0.3 is 0 Å². The molecule has 0 saturated heterocycles. The van der Waals surface area contributed by atoms with Crippen LogP contribution in [0.1, 0.15) is 11.1 Å². The zero-order valence-electron chi connectivity index (χ0n) is 10.8. The Bertz CT molecular complexity index is 586. The predicted octanol–water partition coefficient (Wildman–Crippen LogP) is 4.41. The molecular weight excluding hydrogens is 265 g/mol. The van der Waals surface area contributed by atoms with Crippen LogP contribution in [0.2, 0.25) is 5.02 Å². The summed E-state index contributed by atoms with van der Waals surface area (Å²) in [5, 5.41) is 3.76. The number of ether oxygens (including phenoxy) is 1. The summed E-state index contributed by atoms with van der Waals surface area (Å²) in [4.78, 5) is 0. The molecule has 0 unspecified atom stereocenters. The molecule has 0 saturated carbocycles. The SMILES string of the molecule is COc1ccc(CNc2cccc(F)c2C)cc1Cl. The van der Waals surface area contributed by atoms with E-state index in [4.69, 9.17) is 16.3 Å². The molecule has 0 aliphatic carbocycles. The van der Waals surface area contributed by atoms with Crippen molar-refractivity contribution in [2.75, 3.05) is 12.4 Å². The second-order valence-electron chi connectivity index (χ2n) is 4.23. The third-order valence-electron chi connectivity index (χ3n) is 2.97. The average molecular weight is 280 g/mol. The fraction of sp³-hybridized carbons (Fsp3) is 0.200. The molecule has 0 radical (unpaired) electrons. The summed E-state index contributed by atoms with van der Waals surface area (Å²) in [5.41, 5.74) is 2.41. The highest BCUT2D eigenvalue weighted by Crippen LogP contribution is 2.25. The maximum Gasteiger partial charge on any atom is 0.137 e. The zero-order valence-corrected chi connectivity index (χ0v) is 11.6. The van der Waals surface area contributed by atoms with E-state index in [1.54, 1.807) is 20.1 Å². The molecule has 0 amide bonds. The third-order valence-corrected chi connectivity index (χ3v) is 3.26. The van der Waals surface area contributed by atoms with Crippen LogP contribution < -0.4 is 10.1 Å². The normalized spacial score (nSPS) is 10.3. The van der Waals surface area contributed by atoms with Gasteiger partial charge in [0, 0.05) is 17.8 Å². The fourth-order valence-electron chi connectivity index (χ4n) is 1.82. The summed E-state index contributed by atoms with van der Waals surface area (Å²) >= 11 is 6.05. The van der Waals surface area contributed by atoms with Gasteiger partial charge in [-0.15, -0.1) is 0 Å². The second kappa shape index (κ2) is 5.93. The van der Waals surface area contributed by atoms with Crippen molar-refractivity contribution in [3.63, 3.8) is 0 Å². The maximum atomic E-state index is 13.4. The van der Waals surface area contributed by atoms with Crippen molar-refractivity contribution >= 4 is 17.3 Å². The number of methoxy groups -OCH3 is 1. The molecule has 0 aromatic heterocycles. The highest BCUT2D eigenvalue weighted by molar-refractivity contribution is 6.32. The summed E-state index contributed by atoms with van der Waals surface area (Å²) in [6, 6.07) is 10.6. The van der Waals surface area contributed by atoms with Crippen LogP contribution in [0, 0.1) is 12.7 Å². The van der Waals surface area contributed by atoms with E-state index in [0.29, 0.717) is 22.9 Å². The van der Waals surface area contributed by atoms with Gasteiger partial charge in [0.05, 0.1) is 12.1 Å². The third kappa shape index (κ3) is 3.18. The van der Waals surface area contributed by atoms with Crippen molar-refractivity contribution in [2.45, 2.75) is 13.5 Å². The first kappa shape index (κ1) is 13.7. The van der Waals surface area contributed by atoms with Crippen LogP contribution in [0.4, 0.5) is 10.1 Å². The molecule has 0 spiro atoms. The summed E-state index contributed by atoms with van der Waals surface area (Å²) in [5.74, 6) is 0.435. The van der Waals surface area contributed by atoms with E-state index in [-0.39, 0.29) is 5.82 Å². The van der Waals surface area contributed by atoms with E-state index in [1.807, 2.05) is 24.3 Å². The minimum Gasteiger partial charge on any atom is -0.495 e. The van der Waals surface area contributed by atoms with Gasteiger partial charge in [0.15, 0.2) is 0 Å². The molecule has 4 heteroatoms. The molecule has 19 heavy (non-hydrogen) atoms. The number of rotatable bonds is 4. The van der Waals surface area contributed by atoms with Gasteiger partial charge < -0.3 is 10.1 Å². The van der Waals surface area contributed by atoms with Gasteiger partial charge in [0.25, 0.3) is 0 Å². The van der Waals surface area contributed by atoms with Gasteiger partial charge in [-0.05, 0) is 36.8 Å². The van der Waals surface area contributed by atoms with Gasteiger partial charge in [-0.1, -0.05) is 23.7 Å². The Morgan fingerprint density at radius 1 is 1.26 bits per heavy atom. The average Bonchev–Trinajstić information content (AvgIpc) is 2.40. The molecule has 0 aliphatic rings. The number of nitrogens with one attached hydrogen (secondary N) is 1. The summed E-state index contributed by atoms with van der Waals surface area (Å²) in [6.45, 7) is 2.33. The number of hydrogen-bond donors (Lipinski definition) is 1. The molecular formula is C15H15ClFNO. The number of hydrogen-bond acceptors (Lipinski definition) is 2. The van der Waals surface area contributed by atoms with Crippen molar-refractivity contribution in [3.05, 3.63) is 58.4 Å². The first-order valence-electron chi connectivity index (χ1n) is 5.93. The smallest absolute Gasteiger partial charge is 0.137 e. The first-order chi connectivity index (χ1) is 9.11. The highest BCUT2D eigenvalue weighted by atomic mass is 35.5. The van der Waals surface area contributed by atoms with E-state index < -0.39 is 0 Å². The van der Waals surface area contributed by atoms with Crippen molar-refractivity contribution in [1.82, 2.24) is 0 Å². The van der Waals surface area contributed by atoms with Crippen LogP contribution in [0.5, 0.6) is 5.75 Å². The lowest BCUT2D eigenvalue weighted by atomic mass is 10.1. The van der Waals surface area contributed by atoms with E-state index in [1.165, 1.54) is 6.07 Å². The van der Waals surface area contributed by atoms with Crippen LogP contribution in [-0.2, 0) is 6.54 Å². The topological polar surface area (TPSA) is 21.3 Å². The monoisotopic (exact) mass is 279 g/mol. The lowest BCUT2D eigenvalue weighted by Crippen LogP contribution is -2.02. The summed E-state index contributed by atoms with van der Waals surface area (Å²) < 4.78 is 18.5. The zero-order chi connectivity index (χ0) is 13.8. The van der Waals surface area contributed by atoms with E-state index in [0.717, 1.165) is 11.3 Å². The lowest BCUT2D eigenvalue weighted by molar-refractivity contribution is 0.415. The minimum atomic E-state index is -0.210. The van der Waals surface area contributed by atoms with Crippen molar-refractivity contribution in [3.8, 4) is 5.75 Å². The standard InChI is InChI=1S/C15H15ClFNO/c1-10-13(17)4-3-5-14(10)18-9-11-6-7-15(19-2)12(16)8-11/h3-8,18H,9H2,1-2H3. The lowest BCUT2D eigenvalue weighted by Gasteiger charge is -2.11. The summed E-state index contributed by atoms with van der Waals surface area (Å²) in [7, 11) is 1.58. The van der Waals surface area contributed by atoms with Crippen molar-refractivity contribution in [1.29, 1.82) is 0 Å². The fourth-order valence-corrected chi connectivity index (χ4v) is 2.10. The quantitative estimate of drug-likeness (QED) is 0.895. The van der Waals surface area contributed by atoms with Crippen molar-refractivity contribution < 1.29 is 9.13 Å². The Kier molecular flexibility index (Phi) is 4.27. The molecule has 1 N–H and O–H groups in total. The van der Waals surface area contributed by atoms with Crippen LogP contribution in [0.15, 0.2) is 36.4 Å². The predicted molar refractivity (Wildman–Crippen MR) is 76.5 cm³/mol. The minimum absolute atomic E-state index is 0.210. The van der Waals surface area contributed by atoms with E-state index >= 15 is 0 Å². The Balaban J connectivity index is 2.10.